The molecule has 2 amide bonds. The summed E-state index contributed by atoms with van der Waals surface area (Å²) in [5, 5.41) is 12.4. The van der Waals surface area contributed by atoms with Crippen molar-refractivity contribution in [3.05, 3.63) is 59.7 Å². The molecule has 2 N–H and O–H groups in total. The third-order valence-electron chi connectivity index (χ3n) is 4.50. The third-order valence-corrected chi connectivity index (χ3v) is 4.50. The van der Waals surface area contributed by atoms with Gasteiger partial charge in [0.2, 0.25) is 0 Å². The molecule has 1 saturated heterocycles. The summed E-state index contributed by atoms with van der Waals surface area (Å²) < 4.78 is 0. The van der Waals surface area contributed by atoms with E-state index in [2.05, 4.69) is 10.2 Å². The van der Waals surface area contributed by atoms with E-state index in [1.54, 1.807) is 41.3 Å². The molecule has 1 aliphatic rings. The van der Waals surface area contributed by atoms with Crippen molar-refractivity contribution >= 4 is 17.5 Å². The molecule has 0 spiro atoms. The van der Waals surface area contributed by atoms with Gasteiger partial charge in [-0.25, -0.2) is 4.79 Å². The van der Waals surface area contributed by atoms with Crippen molar-refractivity contribution in [2.75, 3.05) is 31.5 Å². The smallest absolute Gasteiger partial charge is 0.321 e. The number of nitrogens with one attached hydrogen (secondary N) is 1. The van der Waals surface area contributed by atoms with Gasteiger partial charge in [-0.05, 0) is 36.8 Å². The Morgan fingerprint density at radius 3 is 2.46 bits per heavy atom. The van der Waals surface area contributed by atoms with Gasteiger partial charge >= 0.3 is 6.03 Å². The van der Waals surface area contributed by atoms with Crippen LogP contribution in [-0.4, -0.2) is 52.9 Å². The van der Waals surface area contributed by atoms with Gasteiger partial charge < -0.3 is 15.3 Å². The van der Waals surface area contributed by atoms with Gasteiger partial charge in [-0.2, -0.15) is 0 Å². The summed E-state index contributed by atoms with van der Waals surface area (Å²) in [7, 11) is 0. The quantitative estimate of drug-likeness (QED) is 0.829. The molecule has 2 aromatic carbocycles. The predicted molar refractivity (Wildman–Crippen MR) is 100 cm³/mol. The van der Waals surface area contributed by atoms with Gasteiger partial charge in [0.05, 0.1) is 0 Å². The number of urea groups is 1. The SMILES string of the molecule is CC(=O)c1cccc(NC(=O)N2CCN(Cc3cccc(O)c3)CC2)c1. The molecular weight excluding hydrogens is 330 g/mol. The van der Waals surface area contributed by atoms with Gasteiger partial charge in [0.1, 0.15) is 5.75 Å². The van der Waals surface area contributed by atoms with Crippen molar-refractivity contribution in [1.29, 1.82) is 0 Å². The summed E-state index contributed by atoms with van der Waals surface area (Å²) in [4.78, 5) is 27.9. The number of carbonyl (C=O) groups excluding carboxylic acids is 2. The molecule has 2 aromatic rings. The molecule has 136 valence electrons. The van der Waals surface area contributed by atoms with Crippen LogP contribution in [0.3, 0.4) is 0 Å². The van der Waals surface area contributed by atoms with E-state index in [9.17, 15) is 14.7 Å². The Bertz CT molecular complexity index is 798. The number of hydrogen-bond donors (Lipinski definition) is 2. The van der Waals surface area contributed by atoms with Gasteiger partial charge in [0.25, 0.3) is 0 Å². The van der Waals surface area contributed by atoms with Crippen LogP contribution < -0.4 is 5.32 Å². The minimum absolute atomic E-state index is 0.0262. The van der Waals surface area contributed by atoms with Crippen molar-refractivity contribution in [2.45, 2.75) is 13.5 Å². The van der Waals surface area contributed by atoms with Crippen LogP contribution >= 0.6 is 0 Å². The summed E-state index contributed by atoms with van der Waals surface area (Å²) in [6.45, 7) is 5.08. The van der Waals surface area contributed by atoms with E-state index in [4.69, 9.17) is 0 Å². The van der Waals surface area contributed by atoms with Crippen molar-refractivity contribution in [3.8, 4) is 5.75 Å². The first-order chi connectivity index (χ1) is 12.5. The number of rotatable bonds is 4. The molecule has 0 unspecified atom stereocenters. The number of ketones is 1. The Hall–Kier alpha value is -2.86. The molecule has 1 fully saturated rings. The lowest BCUT2D eigenvalue weighted by atomic mass is 10.1. The van der Waals surface area contributed by atoms with Crippen LogP contribution in [0.15, 0.2) is 48.5 Å². The predicted octanol–water partition coefficient (Wildman–Crippen LogP) is 2.94. The number of amides is 2. The Morgan fingerprint density at radius 2 is 1.77 bits per heavy atom. The second-order valence-corrected chi connectivity index (χ2v) is 6.50. The minimum Gasteiger partial charge on any atom is -0.508 e. The van der Waals surface area contributed by atoms with Gasteiger partial charge in [0, 0.05) is 44.0 Å². The standard InChI is InChI=1S/C20H23N3O3/c1-15(24)17-5-3-6-18(13-17)21-20(26)23-10-8-22(9-11-23)14-16-4-2-7-19(25)12-16/h2-7,12-13,25H,8-11,14H2,1H3,(H,21,26). The summed E-state index contributed by atoms with van der Waals surface area (Å²) in [5.74, 6) is 0.245. The van der Waals surface area contributed by atoms with Crippen molar-refractivity contribution < 1.29 is 14.7 Å². The Kier molecular flexibility index (Phi) is 5.53. The van der Waals surface area contributed by atoms with Gasteiger partial charge in [-0.1, -0.05) is 24.3 Å². The highest BCUT2D eigenvalue weighted by atomic mass is 16.3. The zero-order valence-corrected chi connectivity index (χ0v) is 14.8. The van der Waals surface area contributed by atoms with Crippen LogP contribution in [0.2, 0.25) is 0 Å². The van der Waals surface area contributed by atoms with E-state index < -0.39 is 0 Å². The first kappa shape index (κ1) is 17.9. The van der Waals surface area contributed by atoms with E-state index in [1.807, 2.05) is 12.1 Å². The first-order valence-electron chi connectivity index (χ1n) is 8.68. The van der Waals surface area contributed by atoms with Gasteiger partial charge in [-0.15, -0.1) is 0 Å². The fourth-order valence-electron chi connectivity index (χ4n) is 3.04. The van der Waals surface area contributed by atoms with Crippen molar-refractivity contribution in [2.24, 2.45) is 0 Å². The van der Waals surface area contributed by atoms with E-state index in [0.717, 1.165) is 25.2 Å². The molecule has 3 rings (SSSR count). The van der Waals surface area contributed by atoms with Crippen LogP contribution in [-0.2, 0) is 6.54 Å². The minimum atomic E-state index is -0.150. The maximum atomic E-state index is 12.4. The number of nitrogens with zero attached hydrogens (tertiary/aromatic N) is 2. The normalized spacial score (nSPS) is 14.9. The van der Waals surface area contributed by atoms with E-state index >= 15 is 0 Å². The van der Waals surface area contributed by atoms with Crippen LogP contribution in [0.25, 0.3) is 0 Å². The van der Waals surface area contributed by atoms with Crippen molar-refractivity contribution in [1.82, 2.24) is 9.80 Å². The average Bonchev–Trinajstić information content (AvgIpc) is 2.62. The second-order valence-electron chi connectivity index (χ2n) is 6.50. The molecule has 6 nitrogen and oxygen atoms in total. The molecule has 0 aliphatic carbocycles. The number of benzene rings is 2. The fourth-order valence-corrected chi connectivity index (χ4v) is 3.04. The molecule has 0 aromatic heterocycles. The Morgan fingerprint density at radius 1 is 1.04 bits per heavy atom. The zero-order chi connectivity index (χ0) is 18.5. The monoisotopic (exact) mass is 353 g/mol. The number of phenols is 1. The van der Waals surface area contributed by atoms with Crippen LogP contribution in [0.4, 0.5) is 10.5 Å². The molecular formula is C20H23N3O3. The lowest BCUT2D eigenvalue weighted by molar-refractivity contribution is 0.101. The summed E-state index contributed by atoms with van der Waals surface area (Å²) >= 11 is 0. The van der Waals surface area contributed by atoms with E-state index in [-0.39, 0.29) is 17.6 Å². The molecule has 0 atom stereocenters. The van der Waals surface area contributed by atoms with Crippen molar-refractivity contribution in [3.63, 3.8) is 0 Å². The van der Waals surface area contributed by atoms with Crippen LogP contribution in [0.5, 0.6) is 5.75 Å². The molecule has 1 aliphatic heterocycles. The fraction of sp³-hybridized carbons (Fsp3) is 0.300. The molecule has 0 bridgehead atoms. The number of aromatic hydroxyl groups is 1. The zero-order valence-electron chi connectivity index (χ0n) is 14.8. The summed E-state index contributed by atoms with van der Waals surface area (Å²) in [6, 6.07) is 14.1. The molecule has 6 heteroatoms. The van der Waals surface area contributed by atoms with E-state index in [0.29, 0.717) is 24.3 Å². The lowest BCUT2D eigenvalue weighted by Crippen LogP contribution is -2.49. The summed E-state index contributed by atoms with van der Waals surface area (Å²) in [6.07, 6.45) is 0. The topological polar surface area (TPSA) is 72.9 Å². The highest BCUT2D eigenvalue weighted by molar-refractivity contribution is 5.96. The number of piperazine rings is 1. The largest absolute Gasteiger partial charge is 0.508 e. The molecule has 0 saturated carbocycles. The lowest BCUT2D eigenvalue weighted by Gasteiger charge is -2.34. The van der Waals surface area contributed by atoms with Crippen LogP contribution in [0.1, 0.15) is 22.8 Å². The second kappa shape index (κ2) is 8.01. The number of phenolic OH excluding ortho intramolecular Hbond substituents is 1. The summed E-state index contributed by atoms with van der Waals surface area (Å²) in [5.41, 5.74) is 2.27. The molecule has 0 radical (unpaired) electrons. The average molecular weight is 353 g/mol. The number of Topliss-reactive ketones (excluding diaryl/α,β-unsaturated/α-hetero) is 1. The molecule has 1 heterocycles. The molecule has 26 heavy (non-hydrogen) atoms. The maximum Gasteiger partial charge on any atom is 0.321 e. The van der Waals surface area contributed by atoms with Gasteiger partial charge in [0.15, 0.2) is 5.78 Å². The highest BCUT2D eigenvalue weighted by Crippen LogP contribution is 2.16. The van der Waals surface area contributed by atoms with Gasteiger partial charge in [-0.3, -0.25) is 9.69 Å². The third kappa shape index (κ3) is 4.61. The van der Waals surface area contributed by atoms with Crippen LogP contribution in [0, 0.1) is 0 Å². The Balaban J connectivity index is 1.52. The highest BCUT2D eigenvalue weighted by Gasteiger charge is 2.21. The number of hydrogen-bond acceptors (Lipinski definition) is 4. The Labute approximate surface area is 153 Å². The van der Waals surface area contributed by atoms with E-state index in [1.165, 1.54) is 6.92 Å². The maximum absolute atomic E-state index is 12.4. The number of anilines is 1. The first-order valence-corrected chi connectivity index (χ1v) is 8.68. The number of carbonyl (C=O) groups is 2.